The summed E-state index contributed by atoms with van der Waals surface area (Å²) in [6.07, 6.45) is 5.44. The summed E-state index contributed by atoms with van der Waals surface area (Å²) in [5.41, 5.74) is 1.80. The molecule has 1 aliphatic carbocycles. The molecule has 0 bridgehead atoms. The maximum absolute atomic E-state index is 11.9. The van der Waals surface area contributed by atoms with E-state index >= 15 is 0 Å². The van der Waals surface area contributed by atoms with Gasteiger partial charge in [0.1, 0.15) is 0 Å². The molecule has 1 N–H and O–H groups in total. The van der Waals surface area contributed by atoms with Crippen molar-refractivity contribution in [3.8, 4) is 0 Å². The van der Waals surface area contributed by atoms with Gasteiger partial charge in [-0.2, -0.15) is 8.42 Å². The van der Waals surface area contributed by atoms with Crippen molar-refractivity contribution < 1.29 is 27.2 Å². The van der Waals surface area contributed by atoms with Crippen molar-refractivity contribution in [2.75, 3.05) is 6.61 Å². The topological polar surface area (TPSA) is 89.9 Å². The van der Waals surface area contributed by atoms with Crippen LogP contribution >= 0.6 is 0 Å². The normalized spacial score (nSPS) is 19.7. The lowest BCUT2D eigenvalue weighted by Gasteiger charge is -2.15. The average Bonchev–Trinajstić information content (AvgIpc) is 2.72. The van der Waals surface area contributed by atoms with Gasteiger partial charge >= 0.3 is 5.97 Å². The zero-order valence-corrected chi connectivity index (χ0v) is 11.1. The van der Waals surface area contributed by atoms with Gasteiger partial charge in [-0.3, -0.25) is 8.98 Å². The van der Waals surface area contributed by atoms with E-state index in [1.54, 1.807) is 6.08 Å². The number of aliphatic carboxylic acids is 1. The quantitative estimate of drug-likeness (QED) is 0.767. The third kappa shape index (κ3) is 2.57. The first-order chi connectivity index (χ1) is 8.97. The van der Waals surface area contributed by atoms with Crippen molar-refractivity contribution in [1.29, 1.82) is 0 Å². The maximum atomic E-state index is 11.9. The Morgan fingerprint density at radius 1 is 1.53 bits per heavy atom. The van der Waals surface area contributed by atoms with Crippen LogP contribution in [0.25, 0.3) is 0 Å². The zero-order valence-electron chi connectivity index (χ0n) is 10.3. The van der Waals surface area contributed by atoms with Crippen LogP contribution in [0.2, 0.25) is 0 Å². The van der Waals surface area contributed by atoms with Crippen molar-refractivity contribution in [3.63, 3.8) is 0 Å². The predicted octanol–water partition coefficient (Wildman–Crippen LogP) is 1.32. The summed E-state index contributed by atoms with van der Waals surface area (Å²) in [6, 6.07) is 0. The predicted molar refractivity (Wildman–Crippen MR) is 66.5 cm³/mol. The minimum atomic E-state index is -4.17. The molecular formula is C12H14O6S. The van der Waals surface area contributed by atoms with Crippen molar-refractivity contribution in [1.82, 2.24) is 0 Å². The van der Waals surface area contributed by atoms with Crippen LogP contribution in [0.1, 0.15) is 19.8 Å². The summed E-state index contributed by atoms with van der Waals surface area (Å²) < 4.78 is 33.5. The highest BCUT2D eigenvalue weighted by Gasteiger charge is 2.40. The molecule has 0 amide bonds. The highest BCUT2D eigenvalue weighted by atomic mass is 32.2. The molecule has 0 fully saturated rings. The lowest BCUT2D eigenvalue weighted by Crippen LogP contribution is -2.33. The van der Waals surface area contributed by atoms with Gasteiger partial charge in [0.2, 0.25) is 5.25 Å². The number of rotatable bonds is 5. The molecule has 0 aromatic carbocycles. The summed E-state index contributed by atoms with van der Waals surface area (Å²) in [5.74, 6) is -1.42. The van der Waals surface area contributed by atoms with E-state index in [0.717, 1.165) is 5.57 Å². The number of fused-ring (bicyclic) bond motifs is 1. The first kappa shape index (κ1) is 13.8. The van der Waals surface area contributed by atoms with Crippen molar-refractivity contribution in [2.24, 2.45) is 0 Å². The van der Waals surface area contributed by atoms with Gasteiger partial charge in [-0.15, -0.1) is 0 Å². The van der Waals surface area contributed by atoms with Crippen LogP contribution in [0.5, 0.6) is 0 Å². The number of ether oxygens (including phenoxy) is 1. The van der Waals surface area contributed by atoms with Gasteiger partial charge < -0.3 is 9.84 Å². The largest absolute Gasteiger partial charge is 0.480 e. The zero-order chi connectivity index (χ0) is 14.0. The molecule has 2 rings (SSSR count). The van der Waals surface area contributed by atoms with Crippen molar-refractivity contribution in [3.05, 3.63) is 35.3 Å². The fourth-order valence-corrected chi connectivity index (χ4v) is 3.57. The van der Waals surface area contributed by atoms with Gasteiger partial charge in [-0.1, -0.05) is 0 Å². The molecule has 0 spiro atoms. The summed E-state index contributed by atoms with van der Waals surface area (Å²) in [4.78, 5) is 11.3. The Morgan fingerprint density at radius 2 is 2.26 bits per heavy atom. The molecule has 1 atom stereocenters. The molecule has 2 aliphatic rings. The summed E-state index contributed by atoms with van der Waals surface area (Å²) in [5, 5.41) is 7.56. The molecule has 104 valence electrons. The third-order valence-electron chi connectivity index (χ3n) is 2.99. The monoisotopic (exact) mass is 286 g/mol. The van der Waals surface area contributed by atoms with E-state index in [1.165, 1.54) is 19.4 Å². The Labute approximate surface area is 111 Å². The van der Waals surface area contributed by atoms with Crippen LogP contribution in [-0.4, -0.2) is 31.4 Å². The second-order valence-electron chi connectivity index (χ2n) is 4.14. The van der Waals surface area contributed by atoms with E-state index in [9.17, 15) is 18.3 Å². The molecule has 19 heavy (non-hydrogen) atoms. The van der Waals surface area contributed by atoms with Crippen LogP contribution < -0.4 is 0 Å². The molecule has 6 nitrogen and oxygen atoms in total. The Hall–Kier alpha value is -1.60. The first-order valence-corrected chi connectivity index (χ1v) is 7.30. The van der Waals surface area contributed by atoms with Gasteiger partial charge in [0.25, 0.3) is 10.1 Å². The molecule has 1 aliphatic heterocycles. The molecule has 0 radical (unpaired) electrons. The molecule has 0 aromatic heterocycles. The van der Waals surface area contributed by atoms with Gasteiger partial charge in [0.05, 0.1) is 19.1 Å². The van der Waals surface area contributed by atoms with E-state index in [0.29, 0.717) is 24.0 Å². The van der Waals surface area contributed by atoms with Crippen LogP contribution in [0, 0.1) is 0 Å². The fraction of sp³-hybridized carbons (Fsp3) is 0.417. The number of carboxylic acids is 1. The van der Waals surface area contributed by atoms with Crippen LogP contribution in [-0.2, 0) is 23.8 Å². The van der Waals surface area contributed by atoms with E-state index < -0.39 is 21.3 Å². The van der Waals surface area contributed by atoms with Crippen LogP contribution in [0.15, 0.2) is 35.3 Å². The van der Waals surface area contributed by atoms with Gasteiger partial charge in [-0.05, 0) is 42.6 Å². The SMILES string of the molecule is CCOS(=O)(=O)C(C(=O)O)C1=C2C=COC=C2CC1. The van der Waals surface area contributed by atoms with Gasteiger partial charge in [0.15, 0.2) is 0 Å². The number of hydrogen-bond acceptors (Lipinski definition) is 5. The molecule has 0 saturated carbocycles. The average molecular weight is 286 g/mol. The molecular weight excluding hydrogens is 272 g/mol. The Morgan fingerprint density at radius 3 is 2.89 bits per heavy atom. The highest BCUT2D eigenvalue weighted by molar-refractivity contribution is 7.88. The second-order valence-corrected chi connectivity index (χ2v) is 5.83. The standard InChI is InChI=1S/C12H14O6S/c1-2-18-19(15,16)11(12(13)14)10-4-3-8-7-17-6-5-9(8)10/h5-7,11H,2-4H2,1H3,(H,13,14). The summed E-state index contributed by atoms with van der Waals surface area (Å²) in [6.45, 7) is 1.42. The lowest BCUT2D eigenvalue weighted by molar-refractivity contribution is -0.135. The van der Waals surface area contributed by atoms with Gasteiger partial charge in [0, 0.05) is 0 Å². The number of carbonyl (C=O) groups is 1. The van der Waals surface area contributed by atoms with Crippen LogP contribution in [0.4, 0.5) is 0 Å². The Kier molecular flexibility index (Phi) is 3.77. The fourth-order valence-electron chi connectivity index (χ4n) is 2.26. The summed E-state index contributed by atoms with van der Waals surface area (Å²) >= 11 is 0. The van der Waals surface area contributed by atoms with Crippen LogP contribution in [0.3, 0.4) is 0 Å². The minimum absolute atomic E-state index is 0.0869. The maximum Gasteiger partial charge on any atom is 0.328 e. The second kappa shape index (κ2) is 5.18. The number of hydrogen-bond donors (Lipinski definition) is 1. The number of allylic oxidation sites excluding steroid dienone is 3. The molecule has 0 aromatic rings. The lowest BCUT2D eigenvalue weighted by atomic mass is 10.1. The molecule has 1 heterocycles. The van der Waals surface area contributed by atoms with E-state index in [2.05, 4.69) is 4.18 Å². The smallest absolute Gasteiger partial charge is 0.328 e. The Bertz CT molecular complexity index is 581. The van der Waals surface area contributed by atoms with E-state index in [1.807, 2.05) is 0 Å². The Balaban J connectivity index is 2.47. The number of carboxylic acid groups (broad SMARTS) is 1. The molecule has 1 unspecified atom stereocenters. The van der Waals surface area contributed by atoms with Crippen molar-refractivity contribution >= 4 is 16.1 Å². The summed E-state index contributed by atoms with van der Waals surface area (Å²) in [7, 11) is -4.17. The molecule has 0 saturated heterocycles. The molecule has 7 heteroatoms. The van der Waals surface area contributed by atoms with E-state index in [-0.39, 0.29) is 6.61 Å². The van der Waals surface area contributed by atoms with Crippen molar-refractivity contribution in [2.45, 2.75) is 25.0 Å². The van der Waals surface area contributed by atoms with Gasteiger partial charge in [-0.25, -0.2) is 0 Å². The minimum Gasteiger partial charge on any atom is -0.480 e. The van der Waals surface area contributed by atoms with E-state index in [4.69, 9.17) is 4.74 Å². The first-order valence-electron chi connectivity index (χ1n) is 5.83. The third-order valence-corrected chi connectivity index (χ3v) is 4.62. The highest BCUT2D eigenvalue weighted by Crippen LogP contribution is 2.38.